The Morgan fingerprint density at radius 1 is 1.29 bits per heavy atom. The molecular formula is C14H24N2O. The van der Waals surface area contributed by atoms with E-state index >= 15 is 0 Å². The Bertz CT molecular complexity index is 401. The van der Waals surface area contributed by atoms with Crippen LogP contribution in [0.5, 0.6) is 0 Å². The van der Waals surface area contributed by atoms with E-state index in [1.165, 1.54) is 0 Å². The summed E-state index contributed by atoms with van der Waals surface area (Å²) in [4.78, 5) is 11.7. The van der Waals surface area contributed by atoms with Crippen LogP contribution in [-0.4, -0.2) is 16.7 Å². The van der Waals surface area contributed by atoms with Gasteiger partial charge in [0.15, 0.2) is 0 Å². The van der Waals surface area contributed by atoms with Crippen molar-refractivity contribution in [2.75, 3.05) is 6.54 Å². The average molecular weight is 236 g/mol. The van der Waals surface area contributed by atoms with E-state index < -0.39 is 0 Å². The topological polar surface area (TPSA) is 34.0 Å². The minimum absolute atomic E-state index is 0.135. The number of nitrogens with zero attached hydrogens (tertiary/aromatic N) is 1. The van der Waals surface area contributed by atoms with E-state index in [1.807, 2.05) is 25.3 Å². The highest BCUT2D eigenvalue weighted by Crippen LogP contribution is 2.00. The molecule has 0 aromatic carbocycles. The Morgan fingerprint density at radius 2 is 2.00 bits per heavy atom. The van der Waals surface area contributed by atoms with E-state index in [0.717, 1.165) is 31.5 Å². The van der Waals surface area contributed by atoms with Crippen LogP contribution in [0.25, 0.3) is 0 Å². The first-order valence-electron chi connectivity index (χ1n) is 6.31. The minimum atomic E-state index is 0.135. The molecule has 0 saturated heterocycles. The first-order valence-corrected chi connectivity index (χ1v) is 6.31. The van der Waals surface area contributed by atoms with Gasteiger partial charge >= 0.3 is 0 Å². The van der Waals surface area contributed by atoms with E-state index in [2.05, 4.69) is 26.1 Å². The third-order valence-corrected chi connectivity index (χ3v) is 2.69. The molecule has 0 aliphatic heterocycles. The standard InChI is InChI=1S/C14H24N2O/c1-12-8-7-11-16(13(12)17)10-6-5-9-15-14(2,3)4/h7-8,11,15H,5-6,9-10H2,1-4H3. The molecule has 1 aromatic rings. The van der Waals surface area contributed by atoms with Crippen LogP contribution >= 0.6 is 0 Å². The Kier molecular flexibility index (Phi) is 4.94. The molecule has 1 aromatic heterocycles. The van der Waals surface area contributed by atoms with Gasteiger partial charge in [0.2, 0.25) is 0 Å². The Balaban J connectivity index is 2.32. The molecule has 1 rings (SSSR count). The number of unbranched alkanes of at least 4 members (excludes halogenated alkanes) is 1. The number of hydrogen-bond donors (Lipinski definition) is 1. The molecule has 0 unspecified atom stereocenters. The second kappa shape index (κ2) is 6.01. The lowest BCUT2D eigenvalue weighted by molar-refractivity contribution is 0.413. The number of nitrogens with one attached hydrogen (secondary N) is 1. The molecule has 1 N–H and O–H groups in total. The van der Waals surface area contributed by atoms with Crippen molar-refractivity contribution in [3.8, 4) is 0 Å². The largest absolute Gasteiger partial charge is 0.315 e. The van der Waals surface area contributed by atoms with Gasteiger partial charge in [0.25, 0.3) is 5.56 Å². The zero-order valence-electron chi connectivity index (χ0n) is 11.4. The number of aryl methyl sites for hydroxylation is 2. The molecule has 17 heavy (non-hydrogen) atoms. The van der Waals surface area contributed by atoms with Gasteiger partial charge in [0.05, 0.1) is 0 Å². The highest BCUT2D eigenvalue weighted by Gasteiger charge is 2.07. The summed E-state index contributed by atoms with van der Waals surface area (Å²) in [6.07, 6.45) is 4.00. The molecule has 3 nitrogen and oxygen atoms in total. The van der Waals surface area contributed by atoms with E-state index in [0.29, 0.717) is 0 Å². The van der Waals surface area contributed by atoms with Gasteiger partial charge in [-0.2, -0.15) is 0 Å². The van der Waals surface area contributed by atoms with Gasteiger partial charge in [-0.15, -0.1) is 0 Å². The molecule has 0 aliphatic carbocycles. The quantitative estimate of drug-likeness (QED) is 0.796. The lowest BCUT2D eigenvalue weighted by Crippen LogP contribution is -2.36. The fourth-order valence-electron chi connectivity index (χ4n) is 1.70. The van der Waals surface area contributed by atoms with Crippen LogP contribution in [0.2, 0.25) is 0 Å². The molecule has 0 amide bonds. The molecule has 0 atom stereocenters. The smallest absolute Gasteiger partial charge is 0.253 e. The summed E-state index contributed by atoms with van der Waals surface area (Å²) in [5.74, 6) is 0. The third-order valence-electron chi connectivity index (χ3n) is 2.69. The average Bonchev–Trinajstić information content (AvgIpc) is 2.22. The maximum Gasteiger partial charge on any atom is 0.253 e. The van der Waals surface area contributed by atoms with Crippen molar-refractivity contribution in [2.24, 2.45) is 0 Å². The lowest BCUT2D eigenvalue weighted by atomic mass is 10.1. The van der Waals surface area contributed by atoms with Crippen molar-refractivity contribution in [3.05, 3.63) is 34.2 Å². The van der Waals surface area contributed by atoms with Crippen LogP contribution in [0, 0.1) is 6.92 Å². The summed E-state index contributed by atoms with van der Waals surface area (Å²) in [6, 6.07) is 3.80. The fraction of sp³-hybridized carbons (Fsp3) is 0.643. The number of aromatic nitrogens is 1. The van der Waals surface area contributed by atoms with E-state index in [-0.39, 0.29) is 11.1 Å². The first-order chi connectivity index (χ1) is 7.90. The summed E-state index contributed by atoms with van der Waals surface area (Å²) in [5.41, 5.74) is 1.14. The van der Waals surface area contributed by atoms with Crippen LogP contribution in [-0.2, 0) is 6.54 Å². The van der Waals surface area contributed by atoms with Crippen molar-refractivity contribution in [3.63, 3.8) is 0 Å². The Morgan fingerprint density at radius 3 is 2.65 bits per heavy atom. The molecule has 0 fully saturated rings. The predicted octanol–water partition coefficient (Wildman–Crippen LogP) is 2.33. The number of hydrogen-bond acceptors (Lipinski definition) is 2. The number of rotatable bonds is 5. The fourth-order valence-corrected chi connectivity index (χ4v) is 1.70. The van der Waals surface area contributed by atoms with E-state index in [4.69, 9.17) is 0 Å². The van der Waals surface area contributed by atoms with Crippen LogP contribution in [0.1, 0.15) is 39.2 Å². The van der Waals surface area contributed by atoms with E-state index in [9.17, 15) is 4.79 Å². The van der Waals surface area contributed by atoms with Crippen molar-refractivity contribution in [1.82, 2.24) is 9.88 Å². The monoisotopic (exact) mass is 236 g/mol. The Labute approximate surface area is 104 Å². The summed E-state index contributed by atoms with van der Waals surface area (Å²) >= 11 is 0. The molecule has 96 valence electrons. The van der Waals surface area contributed by atoms with Gasteiger partial charge in [-0.3, -0.25) is 4.79 Å². The van der Waals surface area contributed by atoms with Crippen LogP contribution < -0.4 is 10.9 Å². The lowest BCUT2D eigenvalue weighted by Gasteiger charge is -2.20. The number of pyridine rings is 1. The van der Waals surface area contributed by atoms with Gasteiger partial charge in [-0.05, 0) is 53.1 Å². The molecule has 1 heterocycles. The molecule has 0 bridgehead atoms. The zero-order chi connectivity index (χ0) is 12.9. The van der Waals surface area contributed by atoms with Crippen molar-refractivity contribution in [2.45, 2.75) is 52.6 Å². The molecule has 0 spiro atoms. The molecule has 0 radical (unpaired) electrons. The maximum atomic E-state index is 11.7. The Hall–Kier alpha value is -1.09. The summed E-state index contributed by atoms with van der Waals surface area (Å²) in [5, 5.41) is 3.45. The SMILES string of the molecule is Cc1cccn(CCCCNC(C)(C)C)c1=O. The van der Waals surface area contributed by atoms with Gasteiger partial charge in [-0.1, -0.05) is 6.07 Å². The van der Waals surface area contributed by atoms with Gasteiger partial charge in [0, 0.05) is 23.8 Å². The summed E-state index contributed by atoms with van der Waals surface area (Å²) in [6.45, 7) is 10.2. The maximum absolute atomic E-state index is 11.7. The zero-order valence-corrected chi connectivity index (χ0v) is 11.4. The minimum Gasteiger partial charge on any atom is -0.315 e. The van der Waals surface area contributed by atoms with Crippen molar-refractivity contribution in [1.29, 1.82) is 0 Å². The van der Waals surface area contributed by atoms with E-state index in [1.54, 1.807) is 4.57 Å². The molecular weight excluding hydrogens is 212 g/mol. The van der Waals surface area contributed by atoms with Gasteiger partial charge < -0.3 is 9.88 Å². The van der Waals surface area contributed by atoms with Gasteiger partial charge in [0.1, 0.15) is 0 Å². The highest BCUT2D eigenvalue weighted by atomic mass is 16.1. The van der Waals surface area contributed by atoms with Crippen molar-refractivity contribution < 1.29 is 0 Å². The van der Waals surface area contributed by atoms with Crippen molar-refractivity contribution >= 4 is 0 Å². The van der Waals surface area contributed by atoms with Crippen LogP contribution in [0.4, 0.5) is 0 Å². The predicted molar refractivity (Wildman–Crippen MR) is 72.4 cm³/mol. The highest BCUT2D eigenvalue weighted by molar-refractivity contribution is 5.07. The van der Waals surface area contributed by atoms with Gasteiger partial charge in [-0.25, -0.2) is 0 Å². The molecule has 3 heteroatoms. The molecule has 0 saturated carbocycles. The summed E-state index contributed by atoms with van der Waals surface area (Å²) < 4.78 is 1.80. The molecule has 0 aliphatic rings. The van der Waals surface area contributed by atoms with Crippen LogP contribution in [0.15, 0.2) is 23.1 Å². The third kappa shape index (κ3) is 5.18. The second-order valence-electron chi connectivity index (χ2n) is 5.57. The van der Waals surface area contributed by atoms with Crippen LogP contribution in [0.3, 0.4) is 0 Å². The second-order valence-corrected chi connectivity index (χ2v) is 5.57. The first kappa shape index (κ1) is 14.0. The summed E-state index contributed by atoms with van der Waals surface area (Å²) in [7, 11) is 0. The normalized spacial score (nSPS) is 11.8.